The standard InChI is InChI=1S/C27H39N7O/c1-5-22(6-2)34-24-20(17-27(34)11-12-28-25(27)35)18-29-26(31-24)30-21-7-9-23(10-8-21)33-15-13-32(14-16-33)19(3)4/h7-10,18-19,22H,5-6,11-17H2,1-4H3,(H,28,35)(H,29,30,31). The van der Waals surface area contributed by atoms with E-state index in [-0.39, 0.29) is 11.9 Å². The lowest BCUT2D eigenvalue weighted by Gasteiger charge is -2.39. The van der Waals surface area contributed by atoms with Crippen LogP contribution in [0.15, 0.2) is 30.5 Å². The Kier molecular flexibility index (Phi) is 6.57. The van der Waals surface area contributed by atoms with Crippen LogP contribution in [-0.2, 0) is 11.2 Å². The monoisotopic (exact) mass is 477 g/mol. The molecule has 8 heteroatoms. The van der Waals surface area contributed by atoms with Gasteiger partial charge in [0.05, 0.1) is 0 Å². The molecule has 0 aliphatic carbocycles. The van der Waals surface area contributed by atoms with E-state index < -0.39 is 5.54 Å². The summed E-state index contributed by atoms with van der Waals surface area (Å²) in [5.41, 5.74) is 2.77. The molecular weight excluding hydrogens is 438 g/mol. The first-order chi connectivity index (χ1) is 16.9. The van der Waals surface area contributed by atoms with Crippen molar-refractivity contribution in [3.05, 3.63) is 36.0 Å². The van der Waals surface area contributed by atoms with Gasteiger partial charge in [-0.3, -0.25) is 9.69 Å². The number of carbonyl (C=O) groups excluding carboxylic acids is 1. The van der Waals surface area contributed by atoms with Gasteiger partial charge in [-0.05, 0) is 57.4 Å². The van der Waals surface area contributed by atoms with E-state index in [1.165, 1.54) is 5.69 Å². The van der Waals surface area contributed by atoms with Gasteiger partial charge in [0.1, 0.15) is 11.4 Å². The molecule has 1 unspecified atom stereocenters. The minimum Gasteiger partial charge on any atom is -0.369 e. The third-order valence-electron chi connectivity index (χ3n) is 8.10. The number of rotatable bonds is 7. The van der Waals surface area contributed by atoms with Crippen molar-refractivity contribution in [1.29, 1.82) is 0 Å². The summed E-state index contributed by atoms with van der Waals surface area (Å²) < 4.78 is 0. The molecule has 35 heavy (non-hydrogen) atoms. The van der Waals surface area contributed by atoms with Crippen LogP contribution in [0.4, 0.5) is 23.1 Å². The third-order valence-corrected chi connectivity index (χ3v) is 8.10. The molecule has 1 aromatic heterocycles. The Bertz CT molecular complexity index is 1040. The SMILES string of the molecule is CCC(CC)N1c2nc(Nc3ccc(N4CCN(C(C)C)CC4)cc3)ncc2CC12CCNC2=O. The van der Waals surface area contributed by atoms with Crippen molar-refractivity contribution in [3.63, 3.8) is 0 Å². The number of hydrogen-bond acceptors (Lipinski definition) is 7. The third kappa shape index (κ3) is 4.33. The molecule has 5 rings (SSSR count). The number of piperazine rings is 1. The molecule has 0 saturated carbocycles. The summed E-state index contributed by atoms with van der Waals surface area (Å²) in [6, 6.07) is 9.44. The summed E-state index contributed by atoms with van der Waals surface area (Å²) in [6.07, 6.45) is 5.36. The minimum atomic E-state index is -0.520. The molecule has 3 aliphatic rings. The van der Waals surface area contributed by atoms with Crippen molar-refractivity contribution in [2.24, 2.45) is 0 Å². The molecule has 1 atom stereocenters. The predicted molar refractivity (Wildman–Crippen MR) is 142 cm³/mol. The molecule has 1 aromatic carbocycles. The average Bonchev–Trinajstić information content (AvgIpc) is 3.40. The molecule has 3 aliphatic heterocycles. The molecule has 188 valence electrons. The Hall–Kier alpha value is -2.87. The highest BCUT2D eigenvalue weighted by Crippen LogP contribution is 2.44. The van der Waals surface area contributed by atoms with Crippen molar-refractivity contribution >= 4 is 29.0 Å². The Morgan fingerprint density at radius 2 is 1.80 bits per heavy atom. The number of carbonyl (C=O) groups is 1. The number of aromatic nitrogens is 2. The van der Waals surface area contributed by atoms with Gasteiger partial charge in [-0.25, -0.2) is 4.98 Å². The molecular formula is C27H39N7O. The van der Waals surface area contributed by atoms with Gasteiger partial charge in [0.15, 0.2) is 0 Å². The number of hydrogen-bond donors (Lipinski definition) is 2. The average molecular weight is 478 g/mol. The Balaban J connectivity index is 1.33. The van der Waals surface area contributed by atoms with Crippen molar-refractivity contribution in [2.45, 2.75) is 71.0 Å². The summed E-state index contributed by atoms with van der Waals surface area (Å²) in [5, 5.41) is 6.46. The van der Waals surface area contributed by atoms with Gasteiger partial charge in [-0.1, -0.05) is 13.8 Å². The number of amides is 1. The topological polar surface area (TPSA) is 76.6 Å². The van der Waals surface area contributed by atoms with E-state index >= 15 is 0 Å². The van der Waals surface area contributed by atoms with E-state index in [0.29, 0.717) is 18.4 Å². The zero-order valence-corrected chi connectivity index (χ0v) is 21.5. The van der Waals surface area contributed by atoms with Crippen LogP contribution in [0.3, 0.4) is 0 Å². The van der Waals surface area contributed by atoms with Gasteiger partial charge in [-0.15, -0.1) is 0 Å². The van der Waals surface area contributed by atoms with Crippen molar-refractivity contribution in [2.75, 3.05) is 47.8 Å². The molecule has 1 spiro atoms. The summed E-state index contributed by atoms with van der Waals surface area (Å²) >= 11 is 0. The molecule has 2 N–H and O–H groups in total. The fourth-order valence-electron chi connectivity index (χ4n) is 6.01. The highest BCUT2D eigenvalue weighted by molar-refractivity contribution is 5.94. The zero-order valence-electron chi connectivity index (χ0n) is 21.5. The quantitative estimate of drug-likeness (QED) is 0.631. The minimum absolute atomic E-state index is 0.127. The zero-order chi connectivity index (χ0) is 24.6. The number of nitrogens with zero attached hydrogens (tertiary/aromatic N) is 5. The van der Waals surface area contributed by atoms with Gasteiger partial charge < -0.3 is 20.4 Å². The van der Waals surface area contributed by atoms with Gasteiger partial charge in [0, 0.05) is 74.4 Å². The van der Waals surface area contributed by atoms with Crippen LogP contribution in [0.25, 0.3) is 0 Å². The Labute approximate surface area is 209 Å². The molecule has 4 heterocycles. The lowest BCUT2D eigenvalue weighted by molar-refractivity contribution is -0.123. The highest BCUT2D eigenvalue weighted by atomic mass is 16.2. The fourth-order valence-corrected chi connectivity index (χ4v) is 6.01. The van der Waals surface area contributed by atoms with Crippen molar-refractivity contribution in [1.82, 2.24) is 20.2 Å². The largest absolute Gasteiger partial charge is 0.369 e. The summed E-state index contributed by atoms with van der Waals surface area (Å²) in [6.45, 7) is 14.0. The predicted octanol–water partition coefficient (Wildman–Crippen LogP) is 3.56. The first kappa shape index (κ1) is 23.9. The van der Waals surface area contributed by atoms with Crippen LogP contribution in [0.2, 0.25) is 0 Å². The second kappa shape index (κ2) is 9.64. The number of benzene rings is 1. The molecule has 2 aromatic rings. The van der Waals surface area contributed by atoms with E-state index in [9.17, 15) is 4.79 Å². The Morgan fingerprint density at radius 3 is 2.40 bits per heavy atom. The van der Waals surface area contributed by atoms with Crippen LogP contribution in [0, 0.1) is 0 Å². The van der Waals surface area contributed by atoms with E-state index in [4.69, 9.17) is 4.98 Å². The number of nitrogens with one attached hydrogen (secondary N) is 2. The Morgan fingerprint density at radius 1 is 1.09 bits per heavy atom. The molecule has 2 fully saturated rings. The van der Waals surface area contributed by atoms with E-state index in [1.807, 2.05) is 6.20 Å². The highest BCUT2D eigenvalue weighted by Gasteiger charge is 2.54. The fraction of sp³-hybridized carbons (Fsp3) is 0.593. The van der Waals surface area contributed by atoms with E-state index in [2.05, 4.69) is 82.3 Å². The lowest BCUT2D eigenvalue weighted by atomic mass is 9.90. The molecule has 2 saturated heterocycles. The van der Waals surface area contributed by atoms with Crippen LogP contribution < -0.4 is 20.4 Å². The second-order valence-electron chi connectivity index (χ2n) is 10.4. The summed E-state index contributed by atoms with van der Waals surface area (Å²) in [4.78, 5) is 29.8. The first-order valence-electron chi connectivity index (χ1n) is 13.2. The lowest BCUT2D eigenvalue weighted by Crippen LogP contribution is -2.56. The summed E-state index contributed by atoms with van der Waals surface area (Å²) in [5.74, 6) is 1.61. The van der Waals surface area contributed by atoms with Gasteiger partial charge in [0.2, 0.25) is 11.9 Å². The summed E-state index contributed by atoms with van der Waals surface area (Å²) in [7, 11) is 0. The maximum Gasteiger partial charge on any atom is 0.246 e. The normalized spacial score (nSPS) is 22.4. The first-order valence-corrected chi connectivity index (χ1v) is 13.2. The number of anilines is 4. The smallest absolute Gasteiger partial charge is 0.246 e. The molecule has 0 bridgehead atoms. The van der Waals surface area contributed by atoms with Crippen molar-refractivity contribution < 1.29 is 4.79 Å². The van der Waals surface area contributed by atoms with Crippen molar-refractivity contribution in [3.8, 4) is 0 Å². The van der Waals surface area contributed by atoms with E-state index in [0.717, 1.165) is 69.1 Å². The van der Waals surface area contributed by atoms with Crippen LogP contribution >= 0.6 is 0 Å². The number of fused-ring (bicyclic) bond motifs is 1. The van der Waals surface area contributed by atoms with Gasteiger partial charge in [0.25, 0.3) is 0 Å². The van der Waals surface area contributed by atoms with Crippen LogP contribution in [0.5, 0.6) is 0 Å². The maximum absolute atomic E-state index is 13.0. The second-order valence-corrected chi connectivity index (χ2v) is 10.4. The maximum atomic E-state index is 13.0. The molecule has 1 amide bonds. The molecule has 0 radical (unpaired) electrons. The van der Waals surface area contributed by atoms with E-state index in [1.54, 1.807) is 0 Å². The van der Waals surface area contributed by atoms with Crippen LogP contribution in [-0.4, -0.2) is 71.1 Å². The van der Waals surface area contributed by atoms with Gasteiger partial charge >= 0.3 is 0 Å². The molecule has 8 nitrogen and oxygen atoms in total. The van der Waals surface area contributed by atoms with Crippen LogP contribution in [0.1, 0.15) is 52.5 Å². The van der Waals surface area contributed by atoms with Gasteiger partial charge in [-0.2, -0.15) is 4.98 Å².